The molecular formula is C21H30O. The van der Waals surface area contributed by atoms with Crippen molar-refractivity contribution in [2.75, 3.05) is 0 Å². The predicted molar refractivity (Wildman–Crippen MR) is 88.4 cm³/mol. The zero-order valence-electron chi connectivity index (χ0n) is 14.3. The summed E-state index contributed by atoms with van der Waals surface area (Å²) in [5.41, 5.74) is 2.65. The molecule has 4 fully saturated rings. The van der Waals surface area contributed by atoms with E-state index in [1.165, 1.54) is 69.8 Å². The predicted octanol–water partition coefficient (Wildman–Crippen LogP) is 5.30. The van der Waals surface area contributed by atoms with Gasteiger partial charge in [0, 0.05) is 5.41 Å². The van der Waals surface area contributed by atoms with Crippen LogP contribution in [0.5, 0.6) is 0 Å². The fourth-order valence-electron chi connectivity index (χ4n) is 7.48. The van der Waals surface area contributed by atoms with Gasteiger partial charge >= 0.3 is 0 Å². The van der Waals surface area contributed by atoms with Gasteiger partial charge in [-0.3, -0.25) is 4.79 Å². The van der Waals surface area contributed by atoms with E-state index in [-0.39, 0.29) is 5.41 Å². The smallest absolute Gasteiger partial charge is 0.161 e. The number of carbonyl (C=O) groups is 1. The molecule has 0 heterocycles. The van der Waals surface area contributed by atoms with Gasteiger partial charge in [0.05, 0.1) is 0 Å². The van der Waals surface area contributed by atoms with Gasteiger partial charge in [0.1, 0.15) is 0 Å². The fourth-order valence-corrected chi connectivity index (χ4v) is 7.48. The van der Waals surface area contributed by atoms with Gasteiger partial charge in [-0.2, -0.15) is 0 Å². The zero-order chi connectivity index (χ0) is 15.2. The highest BCUT2D eigenvalue weighted by Gasteiger charge is 2.62. The first kappa shape index (κ1) is 13.8. The Morgan fingerprint density at radius 3 is 2.59 bits per heavy atom. The minimum atomic E-state index is 0.0938. The summed E-state index contributed by atoms with van der Waals surface area (Å²) < 4.78 is 0. The third-order valence-corrected chi connectivity index (χ3v) is 8.90. The Kier molecular flexibility index (Phi) is 2.56. The number of fused-ring (bicyclic) bond motifs is 5. The monoisotopic (exact) mass is 298 g/mol. The Morgan fingerprint density at radius 1 is 1.00 bits per heavy atom. The Balaban J connectivity index is 1.54. The molecule has 0 bridgehead atoms. The summed E-state index contributed by atoms with van der Waals surface area (Å²) in [7, 11) is 0. The highest BCUT2D eigenvalue weighted by molar-refractivity contribution is 5.98. The van der Waals surface area contributed by atoms with Crippen LogP contribution in [-0.2, 0) is 4.79 Å². The van der Waals surface area contributed by atoms with Crippen molar-refractivity contribution in [3.05, 3.63) is 11.6 Å². The average Bonchev–Trinajstić information content (AvgIpc) is 3.12. The summed E-state index contributed by atoms with van der Waals surface area (Å²) >= 11 is 0. The number of ketones is 1. The first-order valence-corrected chi connectivity index (χ1v) is 9.73. The van der Waals surface area contributed by atoms with Crippen LogP contribution in [0, 0.1) is 34.0 Å². The van der Waals surface area contributed by atoms with Crippen molar-refractivity contribution in [1.82, 2.24) is 0 Å². The maximum absolute atomic E-state index is 12.5. The van der Waals surface area contributed by atoms with Crippen LogP contribution < -0.4 is 0 Å². The molecule has 0 amide bonds. The lowest BCUT2D eigenvalue weighted by Crippen LogP contribution is -2.50. The lowest BCUT2D eigenvalue weighted by Gasteiger charge is -2.58. The van der Waals surface area contributed by atoms with Crippen LogP contribution >= 0.6 is 0 Å². The molecule has 0 aromatic carbocycles. The number of hydrogen-bond acceptors (Lipinski definition) is 1. The summed E-state index contributed by atoms with van der Waals surface area (Å²) in [5.74, 6) is 3.29. The van der Waals surface area contributed by atoms with E-state index in [9.17, 15) is 4.79 Å². The van der Waals surface area contributed by atoms with Crippen molar-refractivity contribution in [1.29, 1.82) is 0 Å². The van der Waals surface area contributed by atoms with Crippen molar-refractivity contribution in [3.8, 4) is 0 Å². The second-order valence-corrected chi connectivity index (χ2v) is 9.91. The molecule has 5 rings (SSSR count). The van der Waals surface area contributed by atoms with Crippen LogP contribution in [0.25, 0.3) is 0 Å². The molecule has 0 N–H and O–H groups in total. The zero-order valence-corrected chi connectivity index (χ0v) is 14.3. The SMILES string of the molecule is C[C@@]12CCC[C@H]1[C@@H]1CCC3=CC(=O)C4(CC4)C[C@]3(C)[C@H]1CC2. The molecule has 0 saturated heterocycles. The topological polar surface area (TPSA) is 17.1 Å². The van der Waals surface area contributed by atoms with Crippen LogP contribution in [-0.4, -0.2) is 5.78 Å². The van der Waals surface area contributed by atoms with E-state index in [4.69, 9.17) is 0 Å². The quantitative estimate of drug-likeness (QED) is 0.593. The molecule has 1 heteroatoms. The van der Waals surface area contributed by atoms with Crippen LogP contribution in [0.2, 0.25) is 0 Å². The maximum atomic E-state index is 12.5. The molecule has 5 atom stereocenters. The Hall–Kier alpha value is -0.590. The summed E-state index contributed by atoms with van der Waals surface area (Å²) in [6.45, 7) is 5.13. The summed E-state index contributed by atoms with van der Waals surface area (Å²) in [6.07, 6.45) is 15.5. The molecule has 120 valence electrons. The van der Waals surface area contributed by atoms with Crippen molar-refractivity contribution in [2.24, 2.45) is 34.0 Å². The number of rotatable bonds is 0. The minimum absolute atomic E-state index is 0.0938. The van der Waals surface area contributed by atoms with Crippen molar-refractivity contribution < 1.29 is 4.79 Å². The molecular weight excluding hydrogens is 268 g/mol. The van der Waals surface area contributed by atoms with Crippen molar-refractivity contribution in [3.63, 3.8) is 0 Å². The van der Waals surface area contributed by atoms with Gasteiger partial charge < -0.3 is 0 Å². The molecule has 5 aliphatic carbocycles. The Morgan fingerprint density at radius 2 is 1.82 bits per heavy atom. The minimum Gasteiger partial charge on any atom is -0.294 e. The van der Waals surface area contributed by atoms with Gasteiger partial charge in [0.2, 0.25) is 0 Å². The van der Waals surface area contributed by atoms with Crippen LogP contribution in [0.15, 0.2) is 11.6 Å². The molecule has 1 spiro atoms. The number of hydrogen-bond donors (Lipinski definition) is 0. The molecule has 0 aromatic rings. The molecule has 0 radical (unpaired) electrons. The lowest BCUT2D eigenvalue weighted by molar-refractivity contribution is -0.124. The van der Waals surface area contributed by atoms with E-state index in [1.54, 1.807) is 0 Å². The highest BCUT2D eigenvalue weighted by atomic mass is 16.1. The van der Waals surface area contributed by atoms with E-state index < -0.39 is 0 Å². The van der Waals surface area contributed by atoms with Gasteiger partial charge in [-0.1, -0.05) is 25.8 Å². The summed E-state index contributed by atoms with van der Waals surface area (Å²) in [6, 6.07) is 0. The summed E-state index contributed by atoms with van der Waals surface area (Å²) in [4.78, 5) is 12.5. The van der Waals surface area contributed by atoms with Gasteiger partial charge in [-0.05, 0) is 92.4 Å². The molecule has 0 unspecified atom stereocenters. The third kappa shape index (κ3) is 1.59. The Bertz CT molecular complexity index is 568. The van der Waals surface area contributed by atoms with Crippen LogP contribution in [0.3, 0.4) is 0 Å². The average molecular weight is 298 g/mol. The van der Waals surface area contributed by atoms with E-state index in [0.717, 1.165) is 17.8 Å². The molecule has 4 saturated carbocycles. The normalized spacial score (nSPS) is 51.8. The molecule has 0 aromatic heterocycles. The standard InChI is InChI=1S/C21H30O/c1-19-8-3-4-16(19)15-6-5-14-12-18(22)21(10-11-21)13-20(14,2)17(15)7-9-19/h12,15-17H,3-11,13H2,1-2H3/t15-,16-,17-,19-,20-/m0/s1. The van der Waals surface area contributed by atoms with Crippen LogP contribution in [0.4, 0.5) is 0 Å². The molecule has 0 aliphatic heterocycles. The second kappa shape index (κ2) is 4.08. The van der Waals surface area contributed by atoms with Gasteiger partial charge in [0.25, 0.3) is 0 Å². The fraction of sp³-hybridized carbons (Fsp3) is 0.857. The molecule has 22 heavy (non-hydrogen) atoms. The second-order valence-electron chi connectivity index (χ2n) is 9.91. The van der Waals surface area contributed by atoms with Crippen LogP contribution in [0.1, 0.15) is 78.1 Å². The van der Waals surface area contributed by atoms with E-state index in [1.807, 2.05) is 0 Å². The maximum Gasteiger partial charge on any atom is 0.161 e. The largest absolute Gasteiger partial charge is 0.294 e. The Labute approximate surface area is 134 Å². The summed E-state index contributed by atoms with van der Waals surface area (Å²) in [5, 5.41) is 0. The third-order valence-electron chi connectivity index (χ3n) is 8.90. The van der Waals surface area contributed by atoms with Crippen molar-refractivity contribution >= 4 is 5.78 Å². The van der Waals surface area contributed by atoms with E-state index in [2.05, 4.69) is 19.9 Å². The van der Waals surface area contributed by atoms with Crippen molar-refractivity contribution in [2.45, 2.75) is 78.1 Å². The van der Waals surface area contributed by atoms with Gasteiger partial charge in [-0.25, -0.2) is 0 Å². The lowest BCUT2D eigenvalue weighted by atomic mass is 9.46. The number of allylic oxidation sites excluding steroid dienone is 1. The van der Waals surface area contributed by atoms with Gasteiger partial charge in [0.15, 0.2) is 5.78 Å². The van der Waals surface area contributed by atoms with E-state index in [0.29, 0.717) is 16.6 Å². The highest BCUT2D eigenvalue weighted by Crippen LogP contribution is 2.69. The van der Waals surface area contributed by atoms with E-state index >= 15 is 0 Å². The van der Waals surface area contributed by atoms with Gasteiger partial charge in [-0.15, -0.1) is 0 Å². The molecule has 5 aliphatic rings. The number of carbonyl (C=O) groups excluding carboxylic acids is 1. The first-order chi connectivity index (χ1) is 10.5. The molecule has 1 nitrogen and oxygen atoms in total. The first-order valence-electron chi connectivity index (χ1n) is 9.73.